The van der Waals surface area contributed by atoms with Crippen LogP contribution in [0.4, 0.5) is 13.2 Å². The Bertz CT molecular complexity index is 1270. The largest absolute Gasteiger partial charge is 0.394 e. The number of pyridine rings is 1. The maximum absolute atomic E-state index is 13.1. The van der Waals surface area contributed by atoms with Crippen LogP contribution in [0, 0.1) is 11.8 Å². The first-order valence-corrected chi connectivity index (χ1v) is 15.2. The summed E-state index contributed by atoms with van der Waals surface area (Å²) < 4.78 is 63.3. The Morgan fingerprint density at radius 2 is 1.80 bits per heavy atom. The van der Waals surface area contributed by atoms with Gasteiger partial charge in [-0.05, 0) is 67.3 Å². The van der Waals surface area contributed by atoms with E-state index in [-0.39, 0.29) is 54.5 Å². The van der Waals surface area contributed by atoms with E-state index in [1.54, 1.807) is 25.1 Å². The predicted octanol–water partition coefficient (Wildman–Crippen LogP) is 5.40. The number of halogens is 4. The third kappa shape index (κ3) is 7.16. The molecule has 0 saturated heterocycles. The standard InChI is InChI=1S/C28H36F3N3O4S.ClH/c1-3-25-26-21(16-34(25)15-18-5-9-22(10-6-18)28(29,30)31)13-20(14-32-26)27(36)33-24(17-35)19-7-11-23(12-8-19)39(37,38)4-2;/h7-8,11-14,18,22,24-25,35H,3-6,9-10,15-17H2,1-2H3,(H,33,36);1H/t18-,22-,24-,25-;/m0./s1. The lowest BCUT2D eigenvalue weighted by Gasteiger charge is -2.33. The van der Waals surface area contributed by atoms with Gasteiger partial charge in [0.05, 0.1) is 46.5 Å². The van der Waals surface area contributed by atoms with Crippen molar-refractivity contribution in [3.05, 3.63) is 58.9 Å². The molecule has 1 amide bonds. The van der Waals surface area contributed by atoms with Crippen molar-refractivity contribution in [2.75, 3.05) is 18.9 Å². The second-order valence-corrected chi connectivity index (χ2v) is 12.8. The molecule has 0 radical (unpaired) electrons. The fourth-order valence-electron chi connectivity index (χ4n) is 5.77. The first-order valence-electron chi connectivity index (χ1n) is 13.5. The second kappa shape index (κ2) is 13.2. The summed E-state index contributed by atoms with van der Waals surface area (Å²) >= 11 is 0. The molecule has 1 aliphatic carbocycles. The number of alkyl halides is 3. The van der Waals surface area contributed by atoms with Crippen molar-refractivity contribution in [2.24, 2.45) is 11.8 Å². The number of aliphatic hydroxyl groups excluding tert-OH is 1. The van der Waals surface area contributed by atoms with Crippen LogP contribution in [-0.2, 0) is 16.4 Å². The monoisotopic (exact) mass is 603 g/mol. The Hall–Kier alpha value is -2.21. The summed E-state index contributed by atoms with van der Waals surface area (Å²) in [6.45, 7) is 4.54. The van der Waals surface area contributed by atoms with Gasteiger partial charge in [0.2, 0.25) is 0 Å². The number of fused-ring (bicyclic) bond motifs is 1. The first-order chi connectivity index (χ1) is 18.5. The number of sulfone groups is 1. The van der Waals surface area contributed by atoms with Crippen LogP contribution in [0.3, 0.4) is 0 Å². The molecule has 1 aromatic carbocycles. The average Bonchev–Trinajstić information content (AvgIpc) is 3.27. The van der Waals surface area contributed by atoms with E-state index in [1.807, 2.05) is 0 Å². The zero-order chi connectivity index (χ0) is 28.4. The zero-order valence-corrected chi connectivity index (χ0v) is 24.3. The summed E-state index contributed by atoms with van der Waals surface area (Å²) in [5, 5.41) is 12.7. The molecular weight excluding hydrogens is 567 g/mol. The van der Waals surface area contributed by atoms with E-state index >= 15 is 0 Å². The van der Waals surface area contributed by atoms with Gasteiger partial charge < -0.3 is 10.4 Å². The van der Waals surface area contributed by atoms with E-state index in [1.165, 1.54) is 18.3 Å². The lowest BCUT2D eigenvalue weighted by atomic mass is 9.81. The number of aliphatic hydroxyl groups is 1. The third-order valence-electron chi connectivity index (χ3n) is 8.09. The Balaban J connectivity index is 0.00000441. The van der Waals surface area contributed by atoms with Crippen LogP contribution < -0.4 is 5.32 Å². The maximum atomic E-state index is 13.1. The number of benzene rings is 1. The van der Waals surface area contributed by atoms with Crippen LogP contribution in [0.15, 0.2) is 41.4 Å². The smallest absolute Gasteiger partial charge is 0.391 e. The van der Waals surface area contributed by atoms with Crippen LogP contribution in [-0.4, -0.2) is 54.4 Å². The fourth-order valence-corrected chi connectivity index (χ4v) is 6.66. The van der Waals surface area contributed by atoms with Gasteiger partial charge >= 0.3 is 6.18 Å². The highest BCUT2D eigenvalue weighted by molar-refractivity contribution is 7.91. The molecule has 12 heteroatoms. The predicted molar refractivity (Wildman–Crippen MR) is 148 cm³/mol. The second-order valence-electron chi connectivity index (χ2n) is 10.6. The molecule has 0 bridgehead atoms. The van der Waals surface area contributed by atoms with Gasteiger partial charge in [-0.2, -0.15) is 13.2 Å². The minimum atomic E-state index is -4.12. The Morgan fingerprint density at radius 3 is 2.35 bits per heavy atom. The molecule has 2 aromatic rings. The summed E-state index contributed by atoms with van der Waals surface area (Å²) in [6.07, 6.45) is -0.324. The lowest BCUT2D eigenvalue weighted by molar-refractivity contribution is -0.184. The number of carbonyl (C=O) groups is 1. The molecule has 2 aliphatic rings. The van der Waals surface area contributed by atoms with E-state index in [0.29, 0.717) is 37.1 Å². The van der Waals surface area contributed by atoms with Gasteiger partial charge in [0, 0.05) is 19.3 Å². The molecule has 0 unspecified atom stereocenters. The number of carbonyl (C=O) groups excluding carboxylic acids is 1. The fraction of sp³-hybridized carbons (Fsp3) is 0.571. The van der Waals surface area contributed by atoms with Gasteiger partial charge in [0.1, 0.15) is 0 Å². The van der Waals surface area contributed by atoms with Gasteiger partial charge in [0.15, 0.2) is 9.84 Å². The molecule has 1 aromatic heterocycles. The summed E-state index contributed by atoms with van der Waals surface area (Å²) in [7, 11) is -3.36. The topological polar surface area (TPSA) is 99.6 Å². The van der Waals surface area contributed by atoms with Crippen LogP contribution in [0.5, 0.6) is 0 Å². The van der Waals surface area contributed by atoms with E-state index in [0.717, 1.165) is 17.7 Å². The number of amides is 1. The Labute approximate surface area is 239 Å². The third-order valence-corrected chi connectivity index (χ3v) is 9.84. The number of rotatable bonds is 9. The molecule has 2 atom stereocenters. The van der Waals surface area contributed by atoms with Crippen molar-refractivity contribution >= 4 is 28.2 Å². The van der Waals surface area contributed by atoms with Crippen molar-refractivity contribution in [3.63, 3.8) is 0 Å². The van der Waals surface area contributed by atoms with Gasteiger partial charge in [0.25, 0.3) is 5.91 Å². The van der Waals surface area contributed by atoms with Gasteiger partial charge in [-0.15, -0.1) is 12.4 Å². The van der Waals surface area contributed by atoms with Gasteiger partial charge in [-0.1, -0.05) is 26.0 Å². The van der Waals surface area contributed by atoms with Crippen LogP contribution in [0.1, 0.15) is 85.2 Å². The number of hydrogen-bond acceptors (Lipinski definition) is 6. The Morgan fingerprint density at radius 1 is 1.15 bits per heavy atom. The van der Waals surface area contributed by atoms with Crippen molar-refractivity contribution < 1.29 is 31.5 Å². The zero-order valence-electron chi connectivity index (χ0n) is 22.7. The van der Waals surface area contributed by atoms with Crippen molar-refractivity contribution in [1.82, 2.24) is 15.2 Å². The molecule has 0 spiro atoms. The molecule has 1 saturated carbocycles. The molecule has 40 heavy (non-hydrogen) atoms. The van der Waals surface area contributed by atoms with Crippen LogP contribution >= 0.6 is 12.4 Å². The summed E-state index contributed by atoms with van der Waals surface area (Å²) in [5.74, 6) is -1.42. The summed E-state index contributed by atoms with van der Waals surface area (Å²) in [4.78, 5) is 20.1. The molecule has 1 fully saturated rings. The minimum Gasteiger partial charge on any atom is -0.394 e. The van der Waals surface area contributed by atoms with E-state index in [4.69, 9.17) is 0 Å². The lowest BCUT2D eigenvalue weighted by Crippen LogP contribution is -2.33. The molecule has 7 nitrogen and oxygen atoms in total. The van der Waals surface area contributed by atoms with Gasteiger partial charge in [-0.3, -0.25) is 14.7 Å². The first kappa shape index (κ1) is 32.3. The summed E-state index contributed by atoms with van der Waals surface area (Å²) in [6, 6.07) is 7.22. The van der Waals surface area contributed by atoms with E-state index < -0.39 is 33.9 Å². The minimum absolute atomic E-state index is 0. The molecule has 2 heterocycles. The van der Waals surface area contributed by atoms with Crippen LogP contribution in [0.2, 0.25) is 0 Å². The molecule has 2 N–H and O–H groups in total. The molecule has 1 aliphatic heterocycles. The SMILES string of the molecule is CC[C@H]1c2ncc(C(=O)N[C@@H](CO)c3ccc(S(=O)(=O)CC)cc3)cc2CN1C[C@H]1CC[C@H](C(F)(F)F)CC1.Cl. The normalized spacial score (nSPS) is 22.3. The number of nitrogens with zero attached hydrogens (tertiary/aromatic N) is 2. The number of nitrogens with one attached hydrogen (secondary N) is 1. The number of hydrogen-bond donors (Lipinski definition) is 2. The highest BCUT2D eigenvalue weighted by Crippen LogP contribution is 2.42. The average molecular weight is 604 g/mol. The molecular formula is C28H37ClF3N3O4S. The highest BCUT2D eigenvalue weighted by atomic mass is 35.5. The Kier molecular flexibility index (Phi) is 10.6. The maximum Gasteiger partial charge on any atom is 0.391 e. The number of aromatic nitrogens is 1. The quantitative estimate of drug-likeness (QED) is 0.398. The van der Waals surface area contributed by atoms with E-state index in [9.17, 15) is 31.5 Å². The highest BCUT2D eigenvalue weighted by Gasteiger charge is 2.42. The molecule has 222 valence electrons. The van der Waals surface area contributed by atoms with Crippen LogP contribution in [0.25, 0.3) is 0 Å². The summed E-state index contributed by atoms with van der Waals surface area (Å²) in [5.41, 5.74) is 2.74. The van der Waals surface area contributed by atoms with Crippen molar-refractivity contribution in [2.45, 2.75) is 75.7 Å². The molecule has 4 rings (SSSR count). The van der Waals surface area contributed by atoms with E-state index in [2.05, 4.69) is 22.1 Å². The van der Waals surface area contributed by atoms with Crippen molar-refractivity contribution in [1.29, 1.82) is 0 Å². The van der Waals surface area contributed by atoms with Crippen molar-refractivity contribution in [3.8, 4) is 0 Å². The van der Waals surface area contributed by atoms with Gasteiger partial charge in [-0.25, -0.2) is 8.42 Å².